The second kappa shape index (κ2) is 8.21. The Morgan fingerprint density at radius 3 is 2.63 bits per heavy atom. The minimum atomic E-state index is -3.75. The van der Waals surface area contributed by atoms with Crippen molar-refractivity contribution in [3.05, 3.63) is 52.5 Å². The van der Waals surface area contributed by atoms with E-state index in [1.165, 1.54) is 40.9 Å². The van der Waals surface area contributed by atoms with Crippen LogP contribution in [0.2, 0.25) is 0 Å². The molecular weight excluding hydrogens is 406 g/mol. The first-order chi connectivity index (χ1) is 12.8. The van der Waals surface area contributed by atoms with Crippen molar-refractivity contribution < 1.29 is 13.2 Å². The number of nitrogens with one attached hydrogen (secondary N) is 1. The normalized spacial score (nSPS) is 11.5. The van der Waals surface area contributed by atoms with Crippen molar-refractivity contribution in [2.75, 3.05) is 11.1 Å². The van der Waals surface area contributed by atoms with Crippen molar-refractivity contribution >= 4 is 44.7 Å². The number of carbonyl (C=O) groups excluding carboxylic acids is 1. The van der Waals surface area contributed by atoms with Gasteiger partial charge in [-0.05, 0) is 35.7 Å². The minimum absolute atomic E-state index is 0.00720. The van der Waals surface area contributed by atoms with E-state index in [0.717, 1.165) is 5.82 Å². The lowest BCUT2D eigenvalue weighted by molar-refractivity contribution is -0.113. The van der Waals surface area contributed by atoms with Crippen LogP contribution in [0.4, 0.5) is 5.69 Å². The highest BCUT2D eigenvalue weighted by atomic mass is 32.2. The molecule has 3 N–H and O–H groups in total. The first-order valence-electron chi connectivity index (χ1n) is 7.79. The Balaban J connectivity index is 1.55. The second-order valence-electron chi connectivity index (χ2n) is 5.62. The fraction of sp³-hybridized carbons (Fsp3) is 0.188. The smallest absolute Gasteiger partial charge is 0.238 e. The second-order valence-corrected chi connectivity index (χ2v) is 9.16. The standard InChI is InChI=1S/C16H17N5O3S3/c1-21-14(9-12-3-2-8-25-12)19-20-16(21)26-10-15(22)18-11-4-6-13(7-5-11)27(17,23)24/h2-8H,9-10H2,1H3,(H,18,22)(H2,17,23,24). The molecule has 0 aliphatic heterocycles. The molecule has 3 rings (SSSR count). The lowest BCUT2D eigenvalue weighted by atomic mass is 10.3. The van der Waals surface area contributed by atoms with Crippen LogP contribution in [0.15, 0.2) is 51.8 Å². The van der Waals surface area contributed by atoms with Gasteiger partial charge in [-0.25, -0.2) is 13.6 Å². The van der Waals surface area contributed by atoms with E-state index in [1.807, 2.05) is 29.1 Å². The van der Waals surface area contributed by atoms with Crippen LogP contribution in [0.5, 0.6) is 0 Å². The van der Waals surface area contributed by atoms with E-state index >= 15 is 0 Å². The van der Waals surface area contributed by atoms with E-state index in [1.54, 1.807) is 11.3 Å². The molecule has 0 aliphatic carbocycles. The molecular formula is C16H17N5O3S3. The Kier molecular flexibility index (Phi) is 5.95. The van der Waals surface area contributed by atoms with Gasteiger partial charge >= 0.3 is 0 Å². The van der Waals surface area contributed by atoms with Crippen molar-refractivity contribution in [3.8, 4) is 0 Å². The van der Waals surface area contributed by atoms with Crippen molar-refractivity contribution in [2.24, 2.45) is 12.2 Å². The van der Waals surface area contributed by atoms with E-state index in [-0.39, 0.29) is 16.6 Å². The number of thiophene rings is 1. The lowest BCUT2D eigenvalue weighted by Gasteiger charge is -2.06. The van der Waals surface area contributed by atoms with E-state index < -0.39 is 10.0 Å². The first kappa shape index (κ1) is 19.5. The molecule has 0 unspecified atom stereocenters. The minimum Gasteiger partial charge on any atom is -0.325 e. The highest BCUT2D eigenvalue weighted by Gasteiger charge is 2.13. The average molecular weight is 424 g/mol. The summed E-state index contributed by atoms with van der Waals surface area (Å²) in [4.78, 5) is 13.3. The van der Waals surface area contributed by atoms with Crippen LogP contribution in [0.3, 0.4) is 0 Å². The third kappa shape index (κ3) is 5.16. The van der Waals surface area contributed by atoms with Gasteiger partial charge in [-0.3, -0.25) is 4.79 Å². The molecule has 11 heteroatoms. The monoisotopic (exact) mass is 423 g/mol. The van der Waals surface area contributed by atoms with Gasteiger partial charge in [-0.1, -0.05) is 17.8 Å². The van der Waals surface area contributed by atoms with Gasteiger partial charge in [-0.15, -0.1) is 21.5 Å². The summed E-state index contributed by atoms with van der Waals surface area (Å²) < 4.78 is 24.3. The van der Waals surface area contributed by atoms with Crippen molar-refractivity contribution in [3.63, 3.8) is 0 Å². The summed E-state index contributed by atoms with van der Waals surface area (Å²) >= 11 is 2.94. The molecule has 0 aliphatic rings. The van der Waals surface area contributed by atoms with Crippen LogP contribution in [0.1, 0.15) is 10.7 Å². The number of aromatic nitrogens is 3. The van der Waals surface area contributed by atoms with Crippen LogP contribution in [0.25, 0.3) is 0 Å². The number of rotatable bonds is 7. The van der Waals surface area contributed by atoms with E-state index in [9.17, 15) is 13.2 Å². The molecule has 2 aromatic heterocycles. The molecule has 0 spiro atoms. The van der Waals surface area contributed by atoms with Crippen molar-refractivity contribution in [1.29, 1.82) is 0 Å². The maximum absolute atomic E-state index is 12.1. The largest absolute Gasteiger partial charge is 0.325 e. The first-order valence-corrected chi connectivity index (χ1v) is 11.2. The van der Waals surface area contributed by atoms with Gasteiger partial charge in [0.15, 0.2) is 5.16 Å². The number of hydrogen-bond acceptors (Lipinski definition) is 7. The Morgan fingerprint density at radius 1 is 1.26 bits per heavy atom. The molecule has 1 aromatic carbocycles. The maximum Gasteiger partial charge on any atom is 0.238 e. The molecule has 0 radical (unpaired) electrons. The molecule has 0 saturated heterocycles. The van der Waals surface area contributed by atoms with Crippen LogP contribution in [-0.2, 0) is 28.3 Å². The van der Waals surface area contributed by atoms with Gasteiger partial charge in [-0.2, -0.15) is 0 Å². The van der Waals surface area contributed by atoms with Crippen molar-refractivity contribution in [1.82, 2.24) is 14.8 Å². The highest BCUT2D eigenvalue weighted by Crippen LogP contribution is 2.20. The number of carbonyl (C=O) groups is 1. The Morgan fingerprint density at radius 2 is 2.00 bits per heavy atom. The van der Waals surface area contributed by atoms with Crippen molar-refractivity contribution in [2.45, 2.75) is 16.5 Å². The maximum atomic E-state index is 12.1. The zero-order valence-electron chi connectivity index (χ0n) is 14.3. The number of benzene rings is 1. The molecule has 0 saturated carbocycles. The van der Waals surface area contributed by atoms with Gasteiger partial charge in [0.05, 0.1) is 10.6 Å². The van der Waals surface area contributed by atoms with Gasteiger partial charge in [0.1, 0.15) is 5.82 Å². The summed E-state index contributed by atoms with van der Waals surface area (Å²) in [5.41, 5.74) is 0.490. The number of nitrogens with zero attached hydrogens (tertiary/aromatic N) is 3. The number of hydrogen-bond donors (Lipinski definition) is 2. The lowest BCUT2D eigenvalue weighted by Crippen LogP contribution is -2.15. The summed E-state index contributed by atoms with van der Waals surface area (Å²) in [5, 5.41) is 18.7. The predicted molar refractivity (Wildman–Crippen MR) is 105 cm³/mol. The molecule has 0 fully saturated rings. The van der Waals surface area contributed by atoms with Crippen LogP contribution in [-0.4, -0.2) is 34.8 Å². The quantitative estimate of drug-likeness (QED) is 0.560. The van der Waals surface area contributed by atoms with Crippen LogP contribution in [0, 0.1) is 0 Å². The molecule has 0 atom stereocenters. The summed E-state index contributed by atoms with van der Waals surface area (Å²) in [6.45, 7) is 0. The van der Waals surface area contributed by atoms with Crippen LogP contribution >= 0.6 is 23.1 Å². The number of thioether (sulfide) groups is 1. The summed E-state index contributed by atoms with van der Waals surface area (Å²) in [7, 11) is -1.88. The Bertz CT molecular complexity index is 1030. The fourth-order valence-corrected chi connectivity index (χ4v) is 4.20. The summed E-state index contributed by atoms with van der Waals surface area (Å²) in [5.74, 6) is 0.757. The van der Waals surface area contributed by atoms with Gasteiger partial charge in [0, 0.05) is 24.0 Å². The molecule has 3 aromatic rings. The van der Waals surface area contributed by atoms with Gasteiger partial charge in [0.2, 0.25) is 15.9 Å². The fourth-order valence-electron chi connectivity index (χ4n) is 2.25. The van der Waals surface area contributed by atoms with Gasteiger partial charge in [0.25, 0.3) is 0 Å². The third-order valence-corrected chi connectivity index (χ3v) is 6.46. The third-order valence-electron chi connectivity index (χ3n) is 3.64. The highest BCUT2D eigenvalue weighted by molar-refractivity contribution is 7.99. The molecule has 142 valence electrons. The molecule has 0 bridgehead atoms. The Hall–Kier alpha value is -2.21. The summed E-state index contributed by atoms with van der Waals surface area (Å²) in [6, 6.07) is 9.70. The number of anilines is 1. The molecule has 1 amide bonds. The average Bonchev–Trinajstić information content (AvgIpc) is 3.24. The molecule has 27 heavy (non-hydrogen) atoms. The zero-order valence-corrected chi connectivity index (χ0v) is 16.8. The van der Waals surface area contributed by atoms with Crippen LogP contribution < -0.4 is 10.5 Å². The number of sulfonamides is 1. The van der Waals surface area contributed by atoms with E-state index in [4.69, 9.17) is 5.14 Å². The Labute approximate surface area is 164 Å². The molecule has 8 nitrogen and oxygen atoms in total. The molecule has 2 heterocycles. The summed E-state index contributed by atoms with van der Waals surface area (Å²) in [6.07, 6.45) is 0.699. The predicted octanol–water partition coefficient (Wildman–Crippen LogP) is 1.85. The zero-order chi connectivity index (χ0) is 19.4. The van der Waals surface area contributed by atoms with E-state index in [0.29, 0.717) is 17.3 Å². The number of primary sulfonamides is 1. The van der Waals surface area contributed by atoms with E-state index in [2.05, 4.69) is 15.5 Å². The van der Waals surface area contributed by atoms with Gasteiger partial charge < -0.3 is 9.88 Å². The SMILES string of the molecule is Cn1c(Cc2cccs2)nnc1SCC(=O)Nc1ccc(S(N)(=O)=O)cc1. The number of nitrogens with two attached hydrogens (primary N) is 1. The number of amides is 1. The topological polar surface area (TPSA) is 120 Å².